The molecular weight excluding hydrogens is 246 g/mol. The van der Waals surface area contributed by atoms with Crippen molar-refractivity contribution in [2.24, 2.45) is 0 Å². The molecule has 0 aliphatic carbocycles. The van der Waals surface area contributed by atoms with E-state index in [1.165, 1.54) is 5.56 Å². The fourth-order valence-electron chi connectivity index (χ4n) is 1.99. The molecule has 0 amide bonds. The van der Waals surface area contributed by atoms with Gasteiger partial charge in [0.2, 0.25) is 0 Å². The molecule has 0 aliphatic rings. The molecule has 0 aromatic heterocycles. The SMILES string of the molecule is CCCNC(Cc1ccc(Cl)cc1)C(C)OCC. The van der Waals surface area contributed by atoms with Crippen LogP contribution in [0.5, 0.6) is 0 Å². The van der Waals surface area contributed by atoms with Gasteiger partial charge in [0.1, 0.15) is 0 Å². The van der Waals surface area contributed by atoms with Crippen molar-refractivity contribution in [3.8, 4) is 0 Å². The Morgan fingerprint density at radius 2 is 1.89 bits per heavy atom. The van der Waals surface area contributed by atoms with Crippen molar-refractivity contribution in [2.45, 2.75) is 45.8 Å². The molecule has 3 heteroatoms. The van der Waals surface area contributed by atoms with Crippen LogP contribution in [-0.2, 0) is 11.2 Å². The number of ether oxygens (including phenoxy) is 1. The highest BCUT2D eigenvalue weighted by Gasteiger charge is 2.17. The van der Waals surface area contributed by atoms with Gasteiger partial charge in [-0.1, -0.05) is 30.7 Å². The van der Waals surface area contributed by atoms with Crippen LogP contribution in [0.15, 0.2) is 24.3 Å². The lowest BCUT2D eigenvalue weighted by atomic mass is 10.0. The second kappa shape index (κ2) is 8.52. The molecular formula is C15H24ClNO. The molecule has 0 spiro atoms. The van der Waals surface area contributed by atoms with E-state index >= 15 is 0 Å². The summed E-state index contributed by atoms with van der Waals surface area (Å²) >= 11 is 5.90. The molecule has 2 nitrogen and oxygen atoms in total. The van der Waals surface area contributed by atoms with Crippen molar-refractivity contribution in [3.63, 3.8) is 0 Å². The third kappa shape index (κ3) is 5.38. The van der Waals surface area contributed by atoms with Crippen LogP contribution in [0.1, 0.15) is 32.8 Å². The van der Waals surface area contributed by atoms with Gasteiger partial charge in [0.05, 0.1) is 6.10 Å². The van der Waals surface area contributed by atoms with Crippen molar-refractivity contribution in [2.75, 3.05) is 13.2 Å². The van der Waals surface area contributed by atoms with Gasteiger partial charge in [-0.3, -0.25) is 0 Å². The van der Waals surface area contributed by atoms with Crippen molar-refractivity contribution in [1.29, 1.82) is 0 Å². The van der Waals surface area contributed by atoms with E-state index in [9.17, 15) is 0 Å². The number of hydrogen-bond donors (Lipinski definition) is 1. The first-order valence-corrected chi connectivity index (χ1v) is 7.14. The minimum atomic E-state index is 0.220. The lowest BCUT2D eigenvalue weighted by Gasteiger charge is -2.25. The summed E-state index contributed by atoms with van der Waals surface area (Å²) < 4.78 is 5.71. The van der Waals surface area contributed by atoms with Gasteiger partial charge in [-0.25, -0.2) is 0 Å². The molecule has 0 bridgehead atoms. The van der Waals surface area contributed by atoms with Crippen LogP contribution in [0.25, 0.3) is 0 Å². The van der Waals surface area contributed by atoms with Gasteiger partial charge in [0, 0.05) is 17.7 Å². The molecule has 1 aromatic carbocycles. The number of hydrogen-bond acceptors (Lipinski definition) is 2. The Morgan fingerprint density at radius 1 is 1.22 bits per heavy atom. The van der Waals surface area contributed by atoms with Gasteiger partial charge >= 0.3 is 0 Å². The molecule has 2 unspecified atom stereocenters. The Morgan fingerprint density at radius 3 is 2.44 bits per heavy atom. The van der Waals surface area contributed by atoms with E-state index in [0.717, 1.165) is 31.0 Å². The van der Waals surface area contributed by atoms with Crippen molar-refractivity contribution in [3.05, 3.63) is 34.9 Å². The normalized spacial score (nSPS) is 14.4. The number of benzene rings is 1. The topological polar surface area (TPSA) is 21.3 Å². The molecule has 18 heavy (non-hydrogen) atoms. The predicted octanol–water partition coefficient (Wildman–Crippen LogP) is 3.68. The lowest BCUT2D eigenvalue weighted by molar-refractivity contribution is 0.0476. The highest BCUT2D eigenvalue weighted by atomic mass is 35.5. The van der Waals surface area contributed by atoms with Crippen molar-refractivity contribution in [1.82, 2.24) is 5.32 Å². The largest absolute Gasteiger partial charge is 0.377 e. The van der Waals surface area contributed by atoms with E-state index in [1.54, 1.807) is 0 Å². The lowest BCUT2D eigenvalue weighted by Crippen LogP contribution is -2.41. The molecule has 0 aliphatic heterocycles. The van der Waals surface area contributed by atoms with Gasteiger partial charge in [-0.2, -0.15) is 0 Å². The maximum absolute atomic E-state index is 5.90. The van der Waals surface area contributed by atoms with Crippen molar-refractivity contribution >= 4 is 11.6 Å². The zero-order valence-corrected chi connectivity index (χ0v) is 12.3. The Kier molecular flexibility index (Phi) is 7.33. The van der Waals surface area contributed by atoms with Crippen LogP contribution >= 0.6 is 11.6 Å². The number of rotatable bonds is 8. The first-order valence-electron chi connectivity index (χ1n) is 6.76. The summed E-state index contributed by atoms with van der Waals surface area (Å²) in [6, 6.07) is 8.41. The minimum absolute atomic E-state index is 0.220. The standard InChI is InChI=1S/C15H24ClNO/c1-4-10-17-15(12(3)18-5-2)11-13-6-8-14(16)9-7-13/h6-9,12,15,17H,4-5,10-11H2,1-3H3. The van der Waals surface area contributed by atoms with Gasteiger partial charge in [-0.15, -0.1) is 0 Å². The quantitative estimate of drug-likeness (QED) is 0.777. The second-order valence-corrected chi connectivity index (χ2v) is 4.99. The maximum Gasteiger partial charge on any atom is 0.0703 e. The maximum atomic E-state index is 5.90. The summed E-state index contributed by atoms with van der Waals surface area (Å²) in [5.74, 6) is 0. The second-order valence-electron chi connectivity index (χ2n) is 4.55. The summed E-state index contributed by atoms with van der Waals surface area (Å²) in [7, 11) is 0. The van der Waals surface area contributed by atoms with Crippen LogP contribution in [-0.4, -0.2) is 25.3 Å². The molecule has 0 saturated carbocycles. The van der Waals surface area contributed by atoms with E-state index in [4.69, 9.17) is 16.3 Å². The monoisotopic (exact) mass is 269 g/mol. The van der Waals surface area contributed by atoms with E-state index in [-0.39, 0.29) is 6.10 Å². The third-order valence-corrected chi connectivity index (χ3v) is 3.27. The molecule has 0 radical (unpaired) electrons. The van der Waals surface area contributed by atoms with Crippen LogP contribution in [0, 0.1) is 0 Å². The highest BCUT2D eigenvalue weighted by molar-refractivity contribution is 6.30. The highest BCUT2D eigenvalue weighted by Crippen LogP contribution is 2.13. The van der Waals surface area contributed by atoms with Crippen molar-refractivity contribution < 1.29 is 4.74 Å². The smallest absolute Gasteiger partial charge is 0.0703 e. The van der Waals surface area contributed by atoms with Crippen LogP contribution < -0.4 is 5.32 Å². The summed E-state index contributed by atoms with van der Waals surface area (Å²) in [4.78, 5) is 0. The summed E-state index contributed by atoms with van der Waals surface area (Å²) in [5, 5.41) is 4.35. The Balaban J connectivity index is 2.61. The van der Waals surface area contributed by atoms with Crippen LogP contribution in [0.4, 0.5) is 0 Å². The molecule has 1 aromatic rings. The Bertz CT molecular complexity index is 326. The number of halogens is 1. The number of nitrogens with one attached hydrogen (secondary N) is 1. The fraction of sp³-hybridized carbons (Fsp3) is 0.600. The summed E-state index contributed by atoms with van der Waals surface area (Å²) in [6.45, 7) is 8.13. The van der Waals surface area contributed by atoms with Gasteiger partial charge in [-0.05, 0) is 50.9 Å². The zero-order valence-electron chi connectivity index (χ0n) is 11.6. The molecule has 0 heterocycles. The molecule has 102 valence electrons. The van der Waals surface area contributed by atoms with Gasteiger partial charge in [0.25, 0.3) is 0 Å². The molecule has 1 rings (SSSR count). The van der Waals surface area contributed by atoms with Crippen LogP contribution in [0.2, 0.25) is 5.02 Å². The predicted molar refractivity (Wildman–Crippen MR) is 78.3 cm³/mol. The zero-order chi connectivity index (χ0) is 13.4. The molecule has 1 N–H and O–H groups in total. The molecule has 0 fully saturated rings. The summed E-state index contributed by atoms with van der Waals surface area (Å²) in [6.07, 6.45) is 2.33. The third-order valence-electron chi connectivity index (χ3n) is 3.02. The van der Waals surface area contributed by atoms with E-state index in [0.29, 0.717) is 6.04 Å². The Hall–Kier alpha value is -0.570. The van der Waals surface area contributed by atoms with E-state index in [1.807, 2.05) is 19.1 Å². The molecule has 2 atom stereocenters. The summed E-state index contributed by atoms with van der Waals surface area (Å²) in [5.41, 5.74) is 1.29. The van der Waals surface area contributed by atoms with Gasteiger partial charge in [0.15, 0.2) is 0 Å². The first-order chi connectivity index (χ1) is 8.67. The van der Waals surface area contributed by atoms with E-state index in [2.05, 4.69) is 31.3 Å². The van der Waals surface area contributed by atoms with E-state index < -0.39 is 0 Å². The van der Waals surface area contributed by atoms with Crippen LogP contribution in [0.3, 0.4) is 0 Å². The van der Waals surface area contributed by atoms with Gasteiger partial charge < -0.3 is 10.1 Å². The average molecular weight is 270 g/mol. The minimum Gasteiger partial charge on any atom is -0.377 e. The molecule has 0 saturated heterocycles. The fourth-order valence-corrected chi connectivity index (χ4v) is 2.11. The Labute approximate surface area is 116 Å². The average Bonchev–Trinajstić information content (AvgIpc) is 2.37. The first kappa shape index (κ1) is 15.5.